The number of urea groups is 1. The Kier molecular flexibility index (Phi) is 1.82. The maximum atomic E-state index is 11.2. The number of aliphatic hydroxyl groups is 1. The van der Waals surface area contributed by atoms with Crippen molar-refractivity contribution in [2.75, 3.05) is 11.4 Å². The molecule has 1 aromatic rings. The van der Waals surface area contributed by atoms with Crippen molar-refractivity contribution < 1.29 is 9.90 Å². The number of aromatic nitrogens is 2. The Morgan fingerprint density at radius 3 is 3.08 bits per heavy atom. The van der Waals surface area contributed by atoms with Crippen LogP contribution in [0.1, 0.15) is 0 Å². The lowest BCUT2D eigenvalue weighted by Gasteiger charge is -2.15. The molecule has 68 valence electrons. The number of carbonyl (C=O) groups excluding carboxylic acids is 1. The lowest BCUT2D eigenvalue weighted by molar-refractivity contribution is 0.195. The molecule has 1 aliphatic rings. The number of anilines is 1. The summed E-state index contributed by atoms with van der Waals surface area (Å²) in [6.45, 7) is 0.218. The van der Waals surface area contributed by atoms with Gasteiger partial charge in [0.25, 0.3) is 0 Å². The Balaban J connectivity index is 2.30. The molecule has 2 amide bonds. The topological polar surface area (TPSA) is 78.4 Å². The molecule has 6 heteroatoms. The maximum Gasteiger partial charge on any atom is 0.325 e. The number of hydrogen-bond acceptors (Lipinski definition) is 4. The molecule has 1 fully saturated rings. The van der Waals surface area contributed by atoms with Crippen LogP contribution in [0.5, 0.6) is 0 Å². The Bertz CT molecular complexity index is 316. The van der Waals surface area contributed by atoms with E-state index in [1.165, 1.54) is 6.20 Å². The van der Waals surface area contributed by atoms with E-state index in [0.717, 1.165) is 4.90 Å². The highest BCUT2D eigenvalue weighted by molar-refractivity contribution is 5.93. The van der Waals surface area contributed by atoms with Gasteiger partial charge in [0.15, 0.2) is 12.0 Å². The number of rotatable bonds is 1. The van der Waals surface area contributed by atoms with E-state index in [9.17, 15) is 9.90 Å². The first-order chi connectivity index (χ1) is 6.29. The highest BCUT2D eigenvalue weighted by Gasteiger charge is 2.31. The molecule has 0 saturated carbocycles. The Hall–Kier alpha value is -1.69. The SMILES string of the molecule is O=C1NCC(O)N1c1cccnn1. The predicted molar refractivity (Wildman–Crippen MR) is 43.9 cm³/mol. The molecular weight excluding hydrogens is 172 g/mol. The third-order valence-corrected chi connectivity index (χ3v) is 1.76. The third-order valence-electron chi connectivity index (χ3n) is 1.76. The van der Waals surface area contributed by atoms with E-state index < -0.39 is 6.23 Å². The summed E-state index contributed by atoms with van der Waals surface area (Å²) in [5.41, 5.74) is 0. The first-order valence-electron chi connectivity index (χ1n) is 3.82. The molecule has 0 aromatic carbocycles. The summed E-state index contributed by atoms with van der Waals surface area (Å²) in [7, 11) is 0. The molecule has 0 bridgehead atoms. The van der Waals surface area contributed by atoms with Crippen molar-refractivity contribution in [1.82, 2.24) is 15.5 Å². The molecule has 1 saturated heterocycles. The molecule has 0 aliphatic carbocycles. The van der Waals surface area contributed by atoms with Crippen LogP contribution in [0.15, 0.2) is 18.3 Å². The van der Waals surface area contributed by atoms with Crippen LogP contribution in [0.3, 0.4) is 0 Å². The molecule has 1 aromatic heterocycles. The first-order valence-corrected chi connectivity index (χ1v) is 3.82. The Morgan fingerprint density at radius 2 is 2.54 bits per heavy atom. The fraction of sp³-hybridized carbons (Fsp3) is 0.286. The molecule has 13 heavy (non-hydrogen) atoms. The van der Waals surface area contributed by atoms with Crippen molar-refractivity contribution >= 4 is 11.8 Å². The zero-order valence-corrected chi connectivity index (χ0v) is 6.71. The van der Waals surface area contributed by atoms with Crippen LogP contribution >= 0.6 is 0 Å². The molecule has 1 atom stereocenters. The van der Waals surface area contributed by atoms with Gasteiger partial charge in [-0.05, 0) is 12.1 Å². The van der Waals surface area contributed by atoms with Gasteiger partial charge in [0.2, 0.25) is 0 Å². The van der Waals surface area contributed by atoms with E-state index >= 15 is 0 Å². The monoisotopic (exact) mass is 180 g/mol. The van der Waals surface area contributed by atoms with Gasteiger partial charge in [-0.15, -0.1) is 5.10 Å². The van der Waals surface area contributed by atoms with Gasteiger partial charge in [-0.2, -0.15) is 5.10 Å². The zero-order chi connectivity index (χ0) is 9.26. The summed E-state index contributed by atoms with van der Waals surface area (Å²) in [6, 6.07) is 2.91. The van der Waals surface area contributed by atoms with Crippen molar-refractivity contribution in [3.8, 4) is 0 Å². The normalized spacial score (nSPS) is 21.8. The summed E-state index contributed by atoms with van der Waals surface area (Å²) in [5.74, 6) is 0.352. The average Bonchev–Trinajstić information content (AvgIpc) is 2.48. The second kappa shape index (κ2) is 2.98. The van der Waals surface area contributed by atoms with E-state index in [1.807, 2.05) is 0 Å². The van der Waals surface area contributed by atoms with Crippen molar-refractivity contribution in [2.45, 2.75) is 6.23 Å². The van der Waals surface area contributed by atoms with Gasteiger partial charge in [-0.3, -0.25) is 0 Å². The van der Waals surface area contributed by atoms with Gasteiger partial charge in [-0.25, -0.2) is 9.69 Å². The number of nitrogens with one attached hydrogen (secondary N) is 1. The van der Waals surface area contributed by atoms with Crippen LogP contribution < -0.4 is 10.2 Å². The molecule has 2 heterocycles. The summed E-state index contributed by atoms with van der Waals surface area (Å²) in [5, 5.41) is 19.2. The minimum Gasteiger partial charge on any atom is -0.371 e. The summed E-state index contributed by atoms with van der Waals surface area (Å²) in [6.07, 6.45) is 0.647. The molecular formula is C7H8N4O2. The molecule has 0 spiro atoms. The second-order valence-corrected chi connectivity index (χ2v) is 2.62. The number of amides is 2. The predicted octanol–water partition coefficient (Wildman–Crippen LogP) is -0.675. The van der Waals surface area contributed by atoms with Gasteiger partial charge in [0.05, 0.1) is 6.54 Å². The first kappa shape index (κ1) is 7.93. The lowest BCUT2D eigenvalue weighted by atomic mass is 10.4. The van der Waals surface area contributed by atoms with Crippen molar-refractivity contribution in [2.24, 2.45) is 0 Å². The fourth-order valence-electron chi connectivity index (χ4n) is 1.17. The van der Waals surface area contributed by atoms with E-state index in [1.54, 1.807) is 12.1 Å². The van der Waals surface area contributed by atoms with Gasteiger partial charge < -0.3 is 10.4 Å². The third kappa shape index (κ3) is 1.31. The second-order valence-electron chi connectivity index (χ2n) is 2.62. The van der Waals surface area contributed by atoms with E-state index in [-0.39, 0.29) is 12.6 Å². The molecule has 1 unspecified atom stereocenters. The maximum absolute atomic E-state index is 11.2. The van der Waals surface area contributed by atoms with Crippen LogP contribution in [-0.2, 0) is 0 Å². The molecule has 2 N–H and O–H groups in total. The van der Waals surface area contributed by atoms with E-state index in [2.05, 4.69) is 15.5 Å². The largest absolute Gasteiger partial charge is 0.371 e. The van der Waals surface area contributed by atoms with Crippen molar-refractivity contribution in [1.29, 1.82) is 0 Å². The van der Waals surface area contributed by atoms with Gasteiger partial charge in [0, 0.05) is 6.20 Å². The van der Waals surface area contributed by atoms with Crippen molar-refractivity contribution in [3.63, 3.8) is 0 Å². The van der Waals surface area contributed by atoms with Gasteiger partial charge >= 0.3 is 6.03 Å². The number of carbonyl (C=O) groups is 1. The number of β-amino-alcohol motifs (C(OH)–C–C–N with tert-alkyl or cyclic N) is 1. The summed E-state index contributed by atoms with van der Waals surface area (Å²) < 4.78 is 0. The molecule has 6 nitrogen and oxygen atoms in total. The quantitative estimate of drug-likeness (QED) is 0.600. The Labute approximate surface area is 74.2 Å². The van der Waals surface area contributed by atoms with Crippen molar-refractivity contribution in [3.05, 3.63) is 18.3 Å². The summed E-state index contributed by atoms with van der Waals surface area (Å²) >= 11 is 0. The van der Waals surface area contributed by atoms with Crippen LogP contribution in [0, 0.1) is 0 Å². The van der Waals surface area contributed by atoms with E-state index in [0.29, 0.717) is 5.82 Å². The number of aliphatic hydroxyl groups excluding tert-OH is 1. The van der Waals surface area contributed by atoms with Crippen LogP contribution in [0.2, 0.25) is 0 Å². The van der Waals surface area contributed by atoms with Crippen LogP contribution in [0.4, 0.5) is 10.6 Å². The summed E-state index contributed by atoms with van der Waals surface area (Å²) in [4.78, 5) is 12.3. The smallest absolute Gasteiger partial charge is 0.325 e. The zero-order valence-electron chi connectivity index (χ0n) is 6.71. The highest BCUT2D eigenvalue weighted by atomic mass is 16.3. The Morgan fingerprint density at radius 1 is 1.69 bits per heavy atom. The van der Waals surface area contributed by atoms with Crippen LogP contribution in [-0.4, -0.2) is 34.1 Å². The fourth-order valence-corrected chi connectivity index (χ4v) is 1.17. The molecule has 1 aliphatic heterocycles. The number of hydrogen-bond donors (Lipinski definition) is 2. The molecule has 0 radical (unpaired) electrons. The standard InChI is InChI=1S/C7H8N4O2/c12-6-4-8-7(13)11(6)5-2-1-3-9-10-5/h1-3,6,12H,4H2,(H,8,13). The van der Waals surface area contributed by atoms with Crippen LogP contribution in [0.25, 0.3) is 0 Å². The lowest BCUT2D eigenvalue weighted by Crippen LogP contribution is -2.34. The highest BCUT2D eigenvalue weighted by Crippen LogP contribution is 2.14. The average molecular weight is 180 g/mol. The minimum absolute atomic E-state index is 0.218. The van der Waals surface area contributed by atoms with Gasteiger partial charge in [0.1, 0.15) is 0 Å². The van der Waals surface area contributed by atoms with E-state index in [4.69, 9.17) is 0 Å². The molecule has 2 rings (SSSR count). The number of nitrogens with zero attached hydrogens (tertiary/aromatic N) is 3. The minimum atomic E-state index is -0.857. The van der Waals surface area contributed by atoms with Gasteiger partial charge in [-0.1, -0.05) is 0 Å².